The average Bonchev–Trinajstić information content (AvgIpc) is 2.72. The van der Waals surface area contributed by atoms with Gasteiger partial charge in [0.05, 0.1) is 17.7 Å². The van der Waals surface area contributed by atoms with E-state index in [0.29, 0.717) is 17.1 Å². The maximum atomic E-state index is 13.1. The quantitative estimate of drug-likeness (QED) is 0.637. The van der Waals surface area contributed by atoms with Crippen molar-refractivity contribution in [3.05, 3.63) is 83.4 Å². The highest BCUT2D eigenvalue weighted by molar-refractivity contribution is 7.92. The number of aryl methyl sites for hydroxylation is 2. The first-order valence-corrected chi connectivity index (χ1v) is 10.8. The standard InChI is InChI=1S/C23H24N2O4S/c1-16-12-17(2)14-19(13-16)24-23(26)18-6-5-7-22(15-18)30(27,28)25(3)20-8-10-21(29-4)11-9-20/h5-15H,1-4H3,(H,24,26). The van der Waals surface area contributed by atoms with Crippen LogP contribution in [-0.4, -0.2) is 28.5 Å². The van der Waals surface area contributed by atoms with Gasteiger partial charge in [-0.25, -0.2) is 8.42 Å². The van der Waals surface area contributed by atoms with E-state index < -0.39 is 10.0 Å². The topological polar surface area (TPSA) is 75.7 Å². The van der Waals surface area contributed by atoms with Crippen LogP contribution < -0.4 is 14.4 Å². The Balaban J connectivity index is 1.86. The molecule has 0 aliphatic heterocycles. The molecule has 0 heterocycles. The van der Waals surface area contributed by atoms with Gasteiger partial charge in [-0.05, 0) is 79.6 Å². The van der Waals surface area contributed by atoms with Crippen molar-refractivity contribution in [2.45, 2.75) is 18.7 Å². The summed E-state index contributed by atoms with van der Waals surface area (Å²) < 4.78 is 32.4. The number of carbonyl (C=O) groups excluding carboxylic acids is 1. The highest BCUT2D eigenvalue weighted by Crippen LogP contribution is 2.25. The second kappa shape index (κ2) is 8.59. The van der Waals surface area contributed by atoms with E-state index in [0.717, 1.165) is 11.1 Å². The summed E-state index contributed by atoms with van der Waals surface area (Å²) in [5.41, 5.74) is 3.48. The molecule has 0 aliphatic rings. The van der Waals surface area contributed by atoms with E-state index in [1.165, 1.54) is 23.5 Å². The van der Waals surface area contributed by atoms with Crippen molar-refractivity contribution in [1.82, 2.24) is 0 Å². The van der Waals surface area contributed by atoms with Gasteiger partial charge in [0.2, 0.25) is 0 Å². The lowest BCUT2D eigenvalue weighted by Crippen LogP contribution is -2.26. The molecule has 1 amide bonds. The van der Waals surface area contributed by atoms with Gasteiger partial charge >= 0.3 is 0 Å². The van der Waals surface area contributed by atoms with Gasteiger partial charge in [-0.3, -0.25) is 9.10 Å². The van der Waals surface area contributed by atoms with Crippen LogP contribution in [0, 0.1) is 13.8 Å². The molecule has 0 saturated carbocycles. The molecule has 0 aromatic heterocycles. The van der Waals surface area contributed by atoms with Crippen molar-refractivity contribution >= 4 is 27.3 Å². The molecule has 3 aromatic carbocycles. The van der Waals surface area contributed by atoms with E-state index in [2.05, 4.69) is 5.32 Å². The Hall–Kier alpha value is -3.32. The lowest BCUT2D eigenvalue weighted by atomic mass is 10.1. The van der Waals surface area contributed by atoms with E-state index in [-0.39, 0.29) is 16.4 Å². The third-order valence-corrected chi connectivity index (χ3v) is 6.45. The first-order chi connectivity index (χ1) is 14.2. The maximum Gasteiger partial charge on any atom is 0.264 e. The molecule has 3 rings (SSSR count). The number of rotatable bonds is 6. The summed E-state index contributed by atoms with van der Waals surface area (Å²) >= 11 is 0. The zero-order chi connectivity index (χ0) is 21.9. The minimum atomic E-state index is -3.84. The number of hydrogen-bond acceptors (Lipinski definition) is 4. The third kappa shape index (κ3) is 4.63. The smallest absolute Gasteiger partial charge is 0.264 e. The number of ether oxygens (including phenoxy) is 1. The normalized spacial score (nSPS) is 11.1. The largest absolute Gasteiger partial charge is 0.497 e. The molecule has 0 spiro atoms. The van der Waals surface area contributed by atoms with Crippen LogP contribution in [0.1, 0.15) is 21.5 Å². The fourth-order valence-electron chi connectivity index (χ4n) is 3.14. The van der Waals surface area contributed by atoms with E-state index in [4.69, 9.17) is 4.74 Å². The van der Waals surface area contributed by atoms with Gasteiger partial charge in [0.25, 0.3) is 15.9 Å². The summed E-state index contributed by atoms with van der Waals surface area (Å²) in [4.78, 5) is 12.7. The molecular weight excluding hydrogens is 400 g/mol. The van der Waals surface area contributed by atoms with Crippen molar-refractivity contribution < 1.29 is 17.9 Å². The fraction of sp³-hybridized carbons (Fsp3) is 0.174. The van der Waals surface area contributed by atoms with Crippen LogP contribution in [0.4, 0.5) is 11.4 Å². The van der Waals surface area contributed by atoms with E-state index >= 15 is 0 Å². The van der Waals surface area contributed by atoms with Gasteiger partial charge in [-0.2, -0.15) is 0 Å². The molecule has 6 nitrogen and oxygen atoms in total. The number of anilines is 2. The molecule has 0 radical (unpaired) electrons. The minimum Gasteiger partial charge on any atom is -0.497 e. The molecule has 0 atom stereocenters. The zero-order valence-electron chi connectivity index (χ0n) is 17.3. The first-order valence-electron chi connectivity index (χ1n) is 9.33. The number of nitrogens with zero attached hydrogens (tertiary/aromatic N) is 1. The number of sulfonamides is 1. The molecule has 0 fully saturated rings. The Morgan fingerprint density at radius 1 is 0.933 bits per heavy atom. The van der Waals surface area contributed by atoms with E-state index in [9.17, 15) is 13.2 Å². The van der Waals surface area contributed by atoms with Gasteiger partial charge in [0.15, 0.2) is 0 Å². The first kappa shape index (κ1) is 21.4. The van der Waals surface area contributed by atoms with Crippen molar-refractivity contribution in [3.63, 3.8) is 0 Å². The number of hydrogen-bond donors (Lipinski definition) is 1. The molecule has 1 N–H and O–H groups in total. The van der Waals surface area contributed by atoms with Crippen LogP contribution in [-0.2, 0) is 10.0 Å². The van der Waals surface area contributed by atoms with Crippen LogP contribution >= 0.6 is 0 Å². The molecular formula is C23H24N2O4S. The van der Waals surface area contributed by atoms with E-state index in [1.54, 1.807) is 43.5 Å². The number of nitrogens with one attached hydrogen (secondary N) is 1. The van der Waals surface area contributed by atoms with Gasteiger partial charge in [0, 0.05) is 18.3 Å². The van der Waals surface area contributed by atoms with Crippen LogP contribution in [0.2, 0.25) is 0 Å². The Kier molecular flexibility index (Phi) is 6.12. The molecule has 7 heteroatoms. The van der Waals surface area contributed by atoms with Crippen molar-refractivity contribution in [3.8, 4) is 5.75 Å². The highest BCUT2D eigenvalue weighted by Gasteiger charge is 2.22. The second-order valence-corrected chi connectivity index (χ2v) is 9.00. The average molecular weight is 425 g/mol. The highest BCUT2D eigenvalue weighted by atomic mass is 32.2. The van der Waals surface area contributed by atoms with Gasteiger partial charge in [-0.15, -0.1) is 0 Å². The maximum absolute atomic E-state index is 13.1. The van der Waals surface area contributed by atoms with Crippen LogP contribution in [0.15, 0.2) is 71.6 Å². The fourth-order valence-corrected chi connectivity index (χ4v) is 4.38. The minimum absolute atomic E-state index is 0.0360. The Morgan fingerprint density at radius 3 is 2.17 bits per heavy atom. The summed E-state index contributed by atoms with van der Waals surface area (Å²) in [7, 11) is -0.824. The number of benzene rings is 3. The summed E-state index contributed by atoms with van der Waals surface area (Å²) in [6.45, 7) is 3.90. The van der Waals surface area contributed by atoms with Gasteiger partial charge in [-0.1, -0.05) is 12.1 Å². The van der Waals surface area contributed by atoms with Crippen molar-refractivity contribution in [1.29, 1.82) is 0 Å². The molecule has 156 valence electrons. The van der Waals surface area contributed by atoms with E-state index in [1.807, 2.05) is 32.0 Å². The lowest BCUT2D eigenvalue weighted by molar-refractivity contribution is 0.102. The Morgan fingerprint density at radius 2 is 1.57 bits per heavy atom. The molecule has 0 bridgehead atoms. The van der Waals surface area contributed by atoms with Crippen molar-refractivity contribution in [2.24, 2.45) is 0 Å². The molecule has 0 aliphatic carbocycles. The molecule has 30 heavy (non-hydrogen) atoms. The van der Waals surface area contributed by atoms with Crippen LogP contribution in [0.3, 0.4) is 0 Å². The summed E-state index contributed by atoms with van der Waals surface area (Å²) in [6.07, 6.45) is 0. The summed E-state index contributed by atoms with van der Waals surface area (Å²) in [6, 6.07) is 18.4. The monoisotopic (exact) mass is 424 g/mol. The van der Waals surface area contributed by atoms with Crippen molar-refractivity contribution in [2.75, 3.05) is 23.8 Å². The molecule has 0 saturated heterocycles. The van der Waals surface area contributed by atoms with Crippen LogP contribution in [0.5, 0.6) is 5.75 Å². The SMILES string of the molecule is COc1ccc(N(C)S(=O)(=O)c2cccc(C(=O)Nc3cc(C)cc(C)c3)c2)cc1. The summed E-state index contributed by atoms with van der Waals surface area (Å²) in [5.74, 6) is 0.263. The number of amides is 1. The molecule has 3 aromatic rings. The molecule has 0 unspecified atom stereocenters. The third-order valence-electron chi connectivity index (χ3n) is 4.67. The lowest BCUT2D eigenvalue weighted by Gasteiger charge is -2.20. The zero-order valence-corrected chi connectivity index (χ0v) is 18.2. The van der Waals surface area contributed by atoms with Crippen LogP contribution in [0.25, 0.3) is 0 Å². The Labute approximate surface area is 177 Å². The van der Waals surface area contributed by atoms with Gasteiger partial charge in [0.1, 0.15) is 5.75 Å². The summed E-state index contributed by atoms with van der Waals surface area (Å²) in [5, 5.41) is 2.83. The second-order valence-electron chi connectivity index (χ2n) is 7.03. The predicted molar refractivity (Wildman–Crippen MR) is 119 cm³/mol. The number of methoxy groups -OCH3 is 1. The Bertz CT molecular complexity index is 1150. The number of carbonyl (C=O) groups is 1. The van der Waals surface area contributed by atoms with Gasteiger partial charge < -0.3 is 10.1 Å². The predicted octanol–water partition coefficient (Wildman–Crippen LogP) is 4.39.